The van der Waals surface area contributed by atoms with Gasteiger partial charge < -0.3 is 10.1 Å². The van der Waals surface area contributed by atoms with Gasteiger partial charge in [0.25, 0.3) is 0 Å². The van der Waals surface area contributed by atoms with Crippen molar-refractivity contribution in [2.75, 3.05) is 32.1 Å². The number of anilines is 1. The quantitative estimate of drug-likeness (QED) is 0.894. The molecule has 5 nitrogen and oxygen atoms in total. The maximum atomic E-state index is 5.89. The molecule has 4 rings (SSSR count). The highest BCUT2D eigenvalue weighted by Crippen LogP contribution is 2.38. The molecule has 1 unspecified atom stereocenters. The molecule has 0 radical (unpaired) electrons. The molecule has 0 spiro atoms. The number of likely N-dealkylation sites (tertiary alicyclic amines) is 1. The molecule has 0 amide bonds. The Morgan fingerprint density at radius 2 is 2.08 bits per heavy atom. The highest BCUT2D eigenvalue weighted by Gasteiger charge is 2.30. The monoisotopic (exact) mass is 354 g/mol. The van der Waals surface area contributed by atoms with Crippen molar-refractivity contribution < 1.29 is 4.74 Å². The van der Waals surface area contributed by atoms with Gasteiger partial charge in [0.05, 0.1) is 18.3 Å². The smallest absolute Gasteiger partial charge is 0.145 e. The summed E-state index contributed by atoms with van der Waals surface area (Å²) in [4.78, 5) is 2.48. The molecule has 1 aromatic heterocycles. The van der Waals surface area contributed by atoms with Crippen molar-refractivity contribution in [2.24, 2.45) is 0 Å². The van der Waals surface area contributed by atoms with Crippen LogP contribution in [0.3, 0.4) is 0 Å². The van der Waals surface area contributed by atoms with Gasteiger partial charge >= 0.3 is 0 Å². The predicted molar refractivity (Wildman–Crippen MR) is 105 cm³/mol. The van der Waals surface area contributed by atoms with E-state index in [1.165, 1.54) is 49.2 Å². The van der Waals surface area contributed by atoms with Crippen LogP contribution in [0.15, 0.2) is 24.3 Å². The fourth-order valence-corrected chi connectivity index (χ4v) is 4.30. The third-order valence-corrected chi connectivity index (χ3v) is 5.64. The van der Waals surface area contributed by atoms with Gasteiger partial charge in [0, 0.05) is 12.1 Å². The number of benzene rings is 1. The molecule has 0 bridgehead atoms. The Balaban J connectivity index is 1.83. The molecule has 1 aromatic carbocycles. The third kappa shape index (κ3) is 3.20. The topological polar surface area (TPSA) is 42.3 Å². The van der Waals surface area contributed by atoms with E-state index in [9.17, 15) is 0 Å². The number of piperidine rings is 1. The van der Waals surface area contributed by atoms with E-state index in [1.54, 1.807) is 0 Å². The van der Waals surface area contributed by atoms with E-state index >= 15 is 0 Å². The lowest BCUT2D eigenvalue weighted by atomic mass is 9.96. The van der Waals surface area contributed by atoms with Crippen molar-refractivity contribution >= 4 is 5.82 Å². The molecule has 0 saturated carbocycles. The second-order valence-corrected chi connectivity index (χ2v) is 7.40. The Hall–Kier alpha value is -2.01. The number of nitrogens with one attached hydrogen (secondary N) is 1. The van der Waals surface area contributed by atoms with Gasteiger partial charge in [-0.2, -0.15) is 5.10 Å². The molecule has 1 atom stereocenters. The summed E-state index contributed by atoms with van der Waals surface area (Å²) in [5.74, 6) is 2.07. The molecule has 5 heteroatoms. The molecular formula is C21H30N4O. The van der Waals surface area contributed by atoms with E-state index in [-0.39, 0.29) is 0 Å². The van der Waals surface area contributed by atoms with Crippen LogP contribution in [-0.2, 0) is 6.42 Å². The summed E-state index contributed by atoms with van der Waals surface area (Å²) >= 11 is 0. The highest BCUT2D eigenvalue weighted by molar-refractivity contribution is 5.58. The lowest BCUT2D eigenvalue weighted by Crippen LogP contribution is -2.30. The normalized spacial score (nSPS) is 20.9. The SMILES string of the molecule is CCOc1ccccc1-n1nc(C2CCCCN2C)c2c1NCCCC2. The fourth-order valence-electron chi connectivity index (χ4n) is 4.30. The Kier molecular flexibility index (Phi) is 5.16. The van der Waals surface area contributed by atoms with Crippen LogP contribution in [0, 0.1) is 0 Å². The summed E-state index contributed by atoms with van der Waals surface area (Å²) in [6.07, 6.45) is 7.33. The molecule has 26 heavy (non-hydrogen) atoms. The van der Waals surface area contributed by atoms with Crippen LogP contribution in [0.2, 0.25) is 0 Å². The summed E-state index contributed by atoms with van der Waals surface area (Å²) < 4.78 is 7.99. The first-order valence-electron chi connectivity index (χ1n) is 10.1. The van der Waals surface area contributed by atoms with E-state index in [1.807, 2.05) is 19.1 Å². The zero-order valence-corrected chi connectivity index (χ0v) is 16.0. The number of nitrogens with zero attached hydrogens (tertiary/aromatic N) is 3. The van der Waals surface area contributed by atoms with Gasteiger partial charge in [0.1, 0.15) is 17.3 Å². The lowest BCUT2D eigenvalue weighted by molar-refractivity contribution is 0.182. The predicted octanol–water partition coefficient (Wildman–Crippen LogP) is 4.18. The second kappa shape index (κ2) is 7.70. The molecule has 1 fully saturated rings. The second-order valence-electron chi connectivity index (χ2n) is 7.40. The van der Waals surface area contributed by atoms with Crippen LogP contribution in [-0.4, -0.2) is 41.4 Å². The molecule has 1 saturated heterocycles. The number of hydrogen-bond acceptors (Lipinski definition) is 4. The van der Waals surface area contributed by atoms with Crippen molar-refractivity contribution in [1.29, 1.82) is 0 Å². The van der Waals surface area contributed by atoms with Crippen LogP contribution in [0.1, 0.15) is 56.3 Å². The van der Waals surface area contributed by atoms with Crippen molar-refractivity contribution in [3.05, 3.63) is 35.5 Å². The van der Waals surface area contributed by atoms with Crippen LogP contribution < -0.4 is 10.1 Å². The Bertz CT molecular complexity index is 754. The minimum atomic E-state index is 0.429. The molecule has 2 aliphatic heterocycles. The van der Waals surface area contributed by atoms with Gasteiger partial charge in [-0.15, -0.1) is 0 Å². The third-order valence-electron chi connectivity index (χ3n) is 5.64. The Morgan fingerprint density at radius 1 is 1.19 bits per heavy atom. The molecular weight excluding hydrogens is 324 g/mol. The van der Waals surface area contributed by atoms with Crippen LogP contribution in [0.25, 0.3) is 5.69 Å². The summed E-state index contributed by atoms with van der Waals surface area (Å²) in [5.41, 5.74) is 3.71. The summed E-state index contributed by atoms with van der Waals surface area (Å²) in [5, 5.41) is 8.82. The van der Waals surface area contributed by atoms with Crippen molar-refractivity contribution in [1.82, 2.24) is 14.7 Å². The number of aromatic nitrogens is 2. The number of fused-ring (bicyclic) bond motifs is 1. The van der Waals surface area contributed by atoms with Crippen molar-refractivity contribution in [3.63, 3.8) is 0 Å². The van der Waals surface area contributed by atoms with Crippen LogP contribution in [0.5, 0.6) is 5.75 Å². The van der Waals surface area contributed by atoms with E-state index < -0.39 is 0 Å². The standard InChI is InChI=1S/C21H30N4O/c1-3-26-19-13-5-4-11-17(19)25-21-16(10-6-8-14-22-21)20(23-25)18-12-7-9-15-24(18)2/h4-5,11,13,18,22H,3,6-10,12,14-15H2,1-2H3. The van der Waals surface area contributed by atoms with Gasteiger partial charge in [-0.1, -0.05) is 18.6 Å². The lowest BCUT2D eigenvalue weighted by Gasteiger charge is -2.31. The fraction of sp³-hybridized carbons (Fsp3) is 0.571. The maximum Gasteiger partial charge on any atom is 0.145 e. The molecule has 2 aliphatic rings. The zero-order valence-electron chi connectivity index (χ0n) is 16.0. The molecule has 2 aromatic rings. The first-order chi connectivity index (χ1) is 12.8. The van der Waals surface area contributed by atoms with Crippen LogP contribution >= 0.6 is 0 Å². The van der Waals surface area contributed by atoms with Gasteiger partial charge in [-0.25, -0.2) is 4.68 Å². The van der Waals surface area contributed by atoms with Gasteiger partial charge in [-0.05, 0) is 64.8 Å². The summed E-state index contributed by atoms with van der Waals surface area (Å²) in [7, 11) is 2.24. The van der Waals surface area contributed by atoms with E-state index in [4.69, 9.17) is 9.84 Å². The van der Waals surface area contributed by atoms with Gasteiger partial charge in [0.2, 0.25) is 0 Å². The number of rotatable bonds is 4. The van der Waals surface area contributed by atoms with Crippen molar-refractivity contribution in [2.45, 2.75) is 51.5 Å². The Labute approximate surface area is 156 Å². The Morgan fingerprint density at radius 3 is 2.92 bits per heavy atom. The number of hydrogen-bond donors (Lipinski definition) is 1. The average Bonchev–Trinajstić information content (AvgIpc) is 2.84. The van der Waals surface area contributed by atoms with E-state index in [0.717, 1.165) is 30.9 Å². The van der Waals surface area contributed by atoms with Gasteiger partial charge in [0.15, 0.2) is 0 Å². The first kappa shape index (κ1) is 17.4. The van der Waals surface area contributed by atoms with E-state index in [2.05, 4.69) is 34.1 Å². The molecule has 3 heterocycles. The average molecular weight is 354 g/mol. The highest BCUT2D eigenvalue weighted by atomic mass is 16.5. The van der Waals surface area contributed by atoms with Crippen molar-refractivity contribution in [3.8, 4) is 11.4 Å². The minimum Gasteiger partial charge on any atom is -0.492 e. The van der Waals surface area contributed by atoms with Crippen LogP contribution in [0.4, 0.5) is 5.82 Å². The molecule has 0 aliphatic carbocycles. The van der Waals surface area contributed by atoms with E-state index in [0.29, 0.717) is 12.6 Å². The largest absolute Gasteiger partial charge is 0.492 e. The number of ether oxygens (including phenoxy) is 1. The molecule has 140 valence electrons. The summed E-state index contributed by atoms with van der Waals surface area (Å²) in [6, 6.07) is 8.67. The first-order valence-corrected chi connectivity index (χ1v) is 10.1. The minimum absolute atomic E-state index is 0.429. The number of para-hydroxylation sites is 2. The summed E-state index contributed by atoms with van der Waals surface area (Å²) in [6.45, 7) is 4.86. The molecule has 1 N–H and O–H groups in total. The maximum absolute atomic E-state index is 5.89. The zero-order chi connectivity index (χ0) is 17.9. The van der Waals surface area contributed by atoms with Gasteiger partial charge in [-0.3, -0.25) is 4.90 Å².